The van der Waals surface area contributed by atoms with Crippen molar-refractivity contribution in [2.24, 2.45) is 10.9 Å². The van der Waals surface area contributed by atoms with Crippen LogP contribution < -0.4 is 16.0 Å². The minimum atomic E-state index is -0.107. The van der Waals surface area contributed by atoms with Crippen LogP contribution in [0.4, 0.5) is 0 Å². The lowest BCUT2D eigenvalue weighted by Gasteiger charge is -2.11. The molecule has 0 aliphatic carbocycles. The molecule has 9 nitrogen and oxygen atoms in total. The average molecular weight is 469 g/mol. The Labute approximate surface area is 201 Å². The molecule has 0 spiro atoms. The minimum absolute atomic E-state index is 0.0147. The summed E-state index contributed by atoms with van der Waals surface area (Å²) in [6.07, 6.45) is 0. The summed E-state index contributed by atoms with van der Waals surface area (Å²) in [5.74, 6) is 1.74. The highest BCUT2D eigenvalue weighted by atomic mass is 16.6. The van der Waals surface area contributed by atoms with Crippen molar-refractivity contribution in [3.63, 3.8) is 0 Å². The van der Waals surface area contributed by atoms with Gasteiger partial charge in [0.15, 0.2) is 18.3 Å². The van der Waals surface area contributed by atoms with Gasteiger partial charge in [-0.05, 0) is 36.8 Å². The van der Waals surface area contributed by atoms with E-state index in [1.165, 1.54) is 0 Å². The third-order valence-electron chi connectivity index (χ3n) is 5.65. The van der Waals surface area contributed by atoms with Gasteiger partial charge in [-0.3, -0.25) is 13.8 Å². The Morgan fingerprint density at radius 2 is 1.69 bits per heavy atom. The van der Waals surface area contributed by atoms with Crippen LogP contribution in [0.15, 0.2) is 88.8 Å². The summed E-state index contributed by atoms with van der Waals surface area (Å²) in [5.41, 5.74) is 8.50. The lowest BCUT2D eigenvalue weighted by Crippen LogP contribution is -2.22. The van der Waals surface area contributed by atoms with E-state index in [9.17, 15) is 4.79 Å². The Morgan fingerprint density at radius 3 is 2.51 bits per heavy atom. The highest BCUT2D eigenvalue weighted by molar-refractivity contribution is 5.99. The average Bonchev–Trinajstić information content (AvgIpc) is 3.32. The molecule has 0 bridgehead atoms. The molecule has 2 aromatic heterocycles. The van der Waals surface area contributed by atoms with Crippen molar-refractivity contribution in [2.75, 3.05) is 0 Å². The molecule has 0 atom stereocenters. The predicted octanol–water partition coefficient (Wildman–Crippen LogP) is 3.48. The number of fused-ring (bicyclic) bond motifs is 3. The molecule has 176 valence electrons. The minimum Gasteiger partial charge on any atom is -0.488 e. The number of nitrogens with two attached hydrogens (primary N) is 1. The van der Waals surface area contributed by atoms with E-state index in [-0.39, 0.29) is 18.0 Å². The lowest BCUT2D eigenvalue weighted by molar-refractivity contribution is 0.124. The Hall–Kier alpha value is -4.66. The third kappa shape index (κ3) is 4.31. The highest BCUT2D eigenvalue weighted by Crippen LogP contribution is 2.20. The molecular weight excluding hydrogens is 444 g/mol. The van der Waals surface area contributed by atoms with Gasteiger partial charge in [0.25, 0.3) is 5.56 Å². The number of amidine groups is 1. The van der Waals surface area contributed by atoms with Gasteiger partial charge in [-0.15, -0.1) is 10.2 Å². The van der Waals surface area contributed by atoms with Crippen molar-refractivity contribution in [3.8, 4) is 5.75 Å². The molecular formula is C26H24N6O3. The molecule has 0 fully saturated rings. The summed E-state index contributed by atoms with van der Waals surface area (Å²) in [6.45, 7) is 2.78. The monoisotopic (exact) mass is 468 g/mol. The van der Waals surface area contributed by atoms with E-state index in [1.54, 1.807) is 10.6 Å². The summed E-state index contributed by atoms with van der Waals surface area (Å²) in [7, 11) is 0. The molecule has 0 saturated heterocycles. The molecule has 5 aromatic rings. The highest BCUT2D eigenvalue weighted by Gasteiger charge is 2.16. The van der Waals surface area contributed by atoms with E-state index in [1.807, 2.05) is 84.1 Å². The fourth-order valence-electron chi connectivity index (χ4n) is 3.94. The Morgan fingerprint density at radius 1 is 0.943 bits per heavy atom. The van der Waals surface area contributed by atoms with Gasteiger partial charge in [0.05, 0.1) is 16.5 Å². The van der Waals surface area contributed by atoms with Crippen LogP contribution in [-0.2, 0) is 24.6 Å². The maximum absolute atomic E-state index is 12.8. The molecule has 0 aliphatic heterocycles. The summed E-state index contributed by atoms with van der Waals surface area (Å²) >= 11 is 0. The molecule has 35 heavy (non-hydrogen) atoms. The van der Waals surface area contributed by atoms with Gasteiger partial charge in [0.2, 0.25) is 5.78 Å². The summed E-state index contributed by atoms with van der Waals surface area (Å²) in [6, 6.07) is 24.6. The normalized spacial score (nSPS) is 11.7. The molecule has 2 heterocycles. The summed E-state index contributed by atoms with van der Waals surface area (Å²) in [4.78, 5) is 18.4. The van der Waals surface area contributed by atoms with Crippen LogP contribution in [0.3, 0.4) is 0 Å². The molecule has 9 heteroatoms. The van der Waals surface area contributed by atoms with Gasteiger partial charge in [-0.1, -0.05) is 59.8 Å². The van der Waals surface area contributed by atoms with Crippen molar-refractivity contribution in [1.82, 2.24) is 19.2 Å². The zero-order valence-corrected chi connectivity index (χ0v) is 19.2. The maximum atomic E-state index is 12.8. The number of para-hydroxylation sites is 2. The first-order valence-corrected chi connectivity index (χ1v) is 11.2. The first-order chi connectivity index (χ1) is 17.2. The van der Waals surface area contributed by atoms with E-state index in [0.29, 0.717) is 47.0 Å². The molecule has 5 rings (SSSR count). The molecule has 0 amide bonds. The first kappa shape index (κ1) is 22.1. The van der Waals surface area contributed by atoms with Crippen LogP contribution in [0.5, 0.6) is 5.75 Å². The van der Waals surface area contributed by atoms with Crippen molar-refractivity contribution in [2.45, 2.75) is 26.7 Å². The fourth-order valence-corrected chi connectivity index (χ4v) is 3.94. The summed E-state index contributed by atoms with van der Waals surface area (Å²) < 4.78 is 9.35. The Kier molecular flexibility index (Phi) is 6.13. The van der Waals surface area contributed by atoms with Crippen LogP contribution >= 0.6 is 0 Å². The van der Waals surface area contributed by atoms with Gasteiger partial charge >= 0.3 is 0 Å². The van der Waals surface area contributed by atoms with Crippen molar-refractivity contribution < 1.29 is 9.57 Å². The van der Waals surface area contributed by atoms with Crippen LogP contribution in [-0.4, -0.2) is 25.0 Å². The molecule has 0 saturated carbocycles. The van der Waals surface area contributed by atoms with Crippen LogP contribution in [0, 0.1) is 0 Å². The second-order valence-electron chi connectivity index (χ2n) is 7.84. The molecule has 3 aromatic carbocycles. The standard InChI is InChI=1S/C26H24N6O3/c1-2-31-25(33)19-12-6-8-14-21(19)32-23(28-29-26(31)32)17-35-30-24(27)20-13-7-9-15-22(20)34-16-18-10-4-3-5-11-18/h3-15H,2,16-17H2,1H3,(H2,27,30). The first-order valence-electron chi connectivity index (χ1n) is 11.2. The van der Waals surface area contributed by atoms with Gasteiger partial charge in [-0.25, -0.2) is 0 Å². The van der Waals surface area contributed by atoms with Gasteiger partial charge in [0, 0.05) is 6.54 Å². The van der Waals surface area contributed by atoms with E-state index >= 15 is 0 Å². The van der Waals surface area contributed by atoms with Crippen molar-refractivity contribution in [3.05, 3.63) is 106 Å². The molecule has 0 aliphatic rings. The van der Waals surface area contributed by atoms with Gasteiger partial charge in [0.1, 0.15) is 12.4 Å². The maximum Gasteiger partial charge on any atom is 0.262 e. The number of nitrogens with zero attached hydrogens (tertiary/aromatic N) is 5. The summed E-state index contributed by atoms with van der Waals surface area (Å²) in [5, 5.41) is 13.1. The van der Waals surface area contributed by atoms with Crippen LogP contribution in [0.25, 0.3) is 16.7 Å². The second-order valence-corrected chi connectivity index (χ2v) is 7.84. The SMILES string of the molecule is CCn1c(=O)c2ccccc2n2c(CO/N=C(\N)c3ccccc3OCc3ccccc3)nnc12. The molecule has 0 radical (unpaired) electrons. The van der Waals surface area contributed by atoms with Crippen LogP contribution in [0.1, 0.15) is 23.9 Å². The number of benzene rings is 3. The largest absolute Gasteiger partial charge is 0.488 e. The number of hydrogen-bond acceptors (Lipinski definition) is 6. The van der Waals surface area contributed by atoms with Crippen molar-refractivity contribution in [1.29, 1.82) is 0 Å². The lowest BCUT2D eigenvalue weighted by atomic mass is 10.2. The van der Waals surface area contributed by atoms with Crippen LogP contribution in [0.2, 0.25) is 0 Å². The quantitative estimate of drug-likeness (QED) is 0.212. The van der Waals surface area contributed by atoms with E-state index < -0.39 is 0 Å². The number of rotatable bonds is 8. The number of aryl methyl sites for hydroxylation is 1. The number of hydrogen-bond donors (Lipinski definition) is 1. The van der Waals surface area contributed by atoms with E-state index in [0.717, 1.165) is 5.56 Å². The molecule has 2 N–H and O–H groups in total. The zero-order chi connectivity index (χ0) is 24.2. The number of oxime groups is 1. The fraction of sp³-hybridized carbons (Fsp3) is 0.154. The number of aromatic nitrogens is 4. The van der Waals surface area contributed by atoms with E-state index in [2.05, 4.69) is 15.4 Å². The van der Waals surface area contributed by atoms with Gasteiger partial charge in [-0.2, -0.15) is 0 Å². The van der Waals surface area contributed by atoms with Crippen molar-refractivity contribution >= 4 is 22.5 Å². The Bertz CT molecular complexity index is 1570. The smallest absolute Gasteiger partial charge is 0.262 e. The zero-order valence-electron chi connectivity index (χ0n) is 19.2. The Balaban J connectivity index is 1.39. The predicted molar refractivity (Wildman–Crippen MR) is 133 cm³/mol. The van der Waals surface area contributed by atoms with E-state index in [4.69, 9.17) is 15.3 Å². The second kappa shape index (κ2) is 9.68. The number of ether oxygens (including phenoxy) is 1. The van der Waals surface area contributed by atoms with Gasteiger partial charge < -0.3 is 15.3 Å². The topological polar surface area (TPSA) is 109 Å². The molecule has 0 unspecified atom stereocenters. The third-order valence-corrected chi connectivity index (χ3v) is 5.65.